The Kier molecular flexibility index (Phi) is 5.30. The average molecular weight is 301 g/mol. The lowest BCUT2D eigenvalue weighted by atomic mass is 10.2. The first kappa shape index (κ1) is 15.8. The summed E-state index contributed by atoms with van der Waals surface area (Å²) in [5.41, 5.74) is 1.46. The molecule has 0 saturated carbocycles. The van der Waals surface area contributed by atoms with E-state index in [2.05, 4.69) is 10.1 Å². The molecule has 0 aliphatic rings. The maximum atomic E-state index is 12.0. The fourth-order valence-corrected chi connectivity index (χ4v) is 2.16. The van der Waals surface area contributed by atoms with Gasteiger partial charge in [-0.15, -0.1) is 0 Å². The minimum atomic E-state index is -0.0533. The molecule has 2 aromatic rings. The summed E-state index contributed by atoms with van der Waals surface area (Å²) in [4.78, 5) is 16.4. The van der Waals surface area contributed by atoms with Gasteiger partial charge in [-0.1, -0.05) is 12.1 Å². The van der Waals surface area contributed by atoms with Gasteiger partial charge in [0.15, 0.2) is 0 Å². The highest BCUT2D eigenvalue weighted by Crippen LogP contribution is 2.11. The number of hydrogen-bond acceptors (Lipinski definition) is 5. The molecule has 1 heterocycles. The highest BCUT2D eigenvalue weighted by molar-refractivity contribution is 5.79. The first-order chi connectivity index (χ1) is 10.6. The monoisotopic (exact) mass is 301 g/mol. The number of oxime groups is 1. The Morgan fingerprint density at radius 2 is 2.09 bits per heavy atom. The molecule has 0 fully saturated rings. The van der Waals surface area contributed by atoms with Crippen molar-refractivity contribution in [3.8, 4) is 5.75 Å². The third kappa shape index (κ3) is 3.94. The molecule has 0 saturated heterocycles. The van der Waals surface area contributed by atoms with Gasteiger partial charge in [-0.25, -0.2) is 4.98 Å². The molecule has 1 N–H and O–H groups in total. The lowest BCUT2D eigenvalue weighted by Crippen LogP contribution is -2.27. The van der Waals surface area contributed by atoms with Crippen molar-refractivity contribution in [2.45, 2.75) is 26.8 Å². The van der Waals surface area contributed by atoms with Crippen molar-refractivity contribution in [2.24, 2.45) is 5.16 Å². The maximum Gasteiger partial charge on any atom is 0.253 e. The molecule has 22 heavy (non-hydrogen) atoms. The first-order valence-electron chi connectivity index (χ1n) is 7.11. The van der Waals surface area contributed by atoms with E-state index in [1.807, 2.05) is 13.8 Å². The molecule has 0 aliphatic carbocycles. The van der Waals surface area contributed by atoms with Gasteiger partial charge in [-0.3, -0.25) is 9.36 Å². The first-order valence-corrected chi connectivity index (χ1v) is 7.11. The predicted octanol–water partition coefficient (Wildman–Crippen LogP) is 2.00. The second-order valence-electron chi connectivity index (χ2n) is 4.82. The Balaban J connectivity index is 2.00. The molecule has 2 rings (SSSR count). The lowest BCUT2D eigenvalue weighted by molar-refractivity contribution is 0.293. The van der Waals surface area contributed by atoms with Gasteiger partial charge in [0.05, 0.1) is 12.8 Å². The van der Waals surface area contributed by atoms with Crippen LogP contribution in [0.4, 0.5) is 0 Å². The van der Waals surface area contributed by atoms with Crippen LogP contribution in [0.1, 0.15) is 24.0 Å². The molecule has 0 spiro atoms. The van der Waals surface area contributed by atoms with Crippen LogP contribution in [0, 0.1) is 6.92 Å². The zero-order chi connectivity index (χ0) is 15.9. The Bertz CT molecular complexity index is 706. The quantitative estimate of drug-likeness (QED) is 0.503. The molecule has 0 radical (unpaired) electrons. The number of hydrogen-bond donors (Lipinski definition) is 1. The van der Waals surface area contributed by atoms with Crippen LogP contribution in [0.5, 0.6) is 5.75 Å². The second-order valence-corrected chi connectivity index (χ2v) is 4.82. The van der Waals surface area contributed by atoms with E-state index < -0.39 is 0 Å². The summed E-state index contributed by atoms with van der Waals surface area (Å²) in [6.07, 6.45) is 2.04. The number of aryl methyl sites for hydroxylation is 2. The van der Waals surface area contributed by atoms with E-state index in [1.54, 1.807) is 28.8 Å². The minimum Gasteiger partial charge on any atom is -0.492 e. The van der Waals surface area contributed by atoms with Crippen molar-refractivity contribution in [1.29, 1.82) is 0 Å². The van der Waals surface area contributed by atoms with Crippen LogP contribution in [0.3, 0.4) is 0 Å². The Morgan fingerprint density at radius 1 is 1.36 bits per heavy atom. The summed E-state index contributed by atoms with van der Waals surface area (Å²) in [7, 11) is 0. The summed E-state index contributed by atoms with van der Waals surface area (Å²) in [5, 5.41) is 11.4. The molecule has 1 aromatic heterocycles. The number of rotatable bonds is 6. The molecule has 6 heteroatoms. The van der Waals surface area contributed by atoms with E-state index in [0.717, 1.165) is 17.1 Å². The van der Waals surface area contributed by atoms with E-state index >= 15 is 0 Å². The zero-order valence-electron chi connectivity index (χ0n) is 12.7. The van der Waals surface area contributed by atoms with E-state index in [0.29, 0.717) is 25.3 Å². The fourth-order valence-electron chi connectivity index (χ4n) is 2.16. The van der Waals surface area contributed by atoms with Crippen molar-refractivity contribution in [3.63, 3.8) is 0 Å². The fraction of sp³-hybridized carbons (Fsp3) is 0.312. The normalized spacial score (nSPS) is 11.0. The maximum absolute atomic E-state index is 12.0. The van der Waals surface area contributed by atoms with Crippen LogP contribution in [-0.4, -0.2) is 27.6 Å². The molecule has 0 unspecified atom stereocenters. The molecule has 0 bridgehead atoms. The summed E-state index contributed by atoms with van der Waals surface area (Å²) < 4.78 is 7.27. The van der Waals surface area contributed by atoms with Crippen LogP contribution in [0.2, 0.25) is 0 Å². The molecule has 116 valence electrons. The van der Waals surface area contributed by atoms with Gasteiger partial charge < -0.3 is 9.94 Å². The van der Waals surface area contributed by atoms with Crippen molar-refractivity contribution in [1.82, 2.24) is 9.55 Å². The Hall–Kier alpha value is -2.63. The predicted molar refractivity (Wildman–Crippen MR) is 83.9 cm³/mol. The molecule has 1 aromatic carbocycles. The van der Waals surface area contributed by atoms with E-state index in [9.17, 15) is 4.79 Å². The Morgan fingerprint density at radius 3 is 2.73 bits per heavy atom. The molecular formula is C16H19N3O3. The van der Waals surface area contributed by atoms with Crippen LogP contribution in [0.15, 0.2) is 40.3 Å². The van der Waals surface area contributed by atoms with E-state index in [-0.39, 0.29) is 5.56 Å². The highest BCUT2D eigenvalue weighted by Gasteiger charge is 2.05. The standard InChI is InChI=1S/C16H19N3O3/c1-3-15-18-12(2)10-16(20)19(15)8-9-22-14-6-4-13(5-7-14)11-17-21/h4-7,10-11,21H,3,8-9H2,1-2H3/b17-11+. The lowest BCUT2D eigenvalue weighted by Gasteiger charge is -2.12. The summed E-state index contributed by atoms with van der Waals surface area (Å²) in [6.45, 7) is 4.62. The third-order valence-electron chi connectivity index (χ3n) is 3.20. The van der Waals surface area contributed by atoms with E-state index in [4.69, 9.17) is 9.94 Å². The van der Waals surface area contributed by atoms with Crippen molar-refractivity contribution in [2.75, 3.05) is 6.61 Å². The van der Waals surface area contributed by atoms with Crippen LogP contribution in [-0.2, 0) is 13.0 Å². The number of aromatic nitrogens is 2. The average Bonchev–Trinajstić information content (AvgIpc) is 2.51. The number of nitrogens with zero attached hydrogens (tertiary/aromatic N) is 3. The van der Waals surface area contributed by atoms with Gasteiger partial charge in [0.2, 0.25) is 0 Å². The third-order valence-corrected chi connectivity index (χ3v) is 3.20. The topological polar surface area (TPSA) is 76.7 Å². The SMILES string of the molecule is CCc1nc(C)cc(=O)n1CCOc1ccc(/C=N/O)cc1. The van der Waals surface area contributed by atoms with Gasteiger partial charge in [0, 0.05) is 18.2 Å². The largest absolute Gasteiger partial charge is 0.492 e. The van der Waals surface area contributed by atoms with Crippen LogP contribution in [0.25, 0.3) is 0 Å². The van der Waals surface area contributed by atoms with Gasteiger partial charge in [0.1, 0.15) is 18.2 Å². The van der Waals surface area contributed by atoms with Crippen molar-refractivity contribution < 1.29 is 9.94 Å². The molecule has 0 aliphatic heterocycles. The Labute approximate surface area is 128 Å². The van der Waals surface area contributed by atoms with Gasteiger partial charge >= 0.3 is 0 Å². The van der Waals surface area contributed by atoms with Crippen LogP contribution >= 0.6 is 0 Å². The number of ether oxygens (including phenoxy) is 1. The van der Waals surface area contributed by atoms with Gasteiger partial charge in [-0.2, -0.15) is 0 Å². The second kappa shape index (κ2) is 7.40. The molecule has 0 atom stereocenters. The van der Waals surface area contributed by atoms with Crippen molar-refractivity contribution in [3.05, 3.63) is 57.8 Å². The zero-order valence-corrected chi connectivity index (χ0v) is 12.7. The summed E-state index contributed by atoms with van der Waals surface area (Å²) >= 11 is 0. The van der Waals surface area contributed by atoms with Gasteiger partial charge in [-0.05, 0) is 36.8 Å². The number of benzene rings is 1. The molecule has 0 amide bonds. The highest BCUT2D eigenvalue weighted by atomic mass is 16.5. The summed E-state index contributed by atoms with van der Waals surface area (Å²) in [5.74, 6) is 1.46. The smallest absolute Gasteiger partial charge is 0.253 e. The summed E-state index contributed by atoms with van der Waals surface area (Å²) in [6, 6.07) is 8.67. The minimum absolute atomic E-state index is 0.0533. The molecule has 6 nitrogen and oxygen atoms in total. The molecular weight excluding hydrogens is 282 g/mol. The van der Waals surface area contributed by atoms with Gasteiger partial charge in [0.25, 0.3) is 5.56 Å². The van der Waals surface area contributed by atoms with Crippen molar-refractivity contribution >= 4 is 6.21 Å². The van der Waals surface area contributed by atoms with Crippen LogP contribution < -0.4 is 10.3 Å². The van der Waals surface area contributed by atoms with E-state index in [1.165, 1.54) is 12.3 Å².